The summed E-state index contributed by atoms with van der Waals surface area (Å²) in [6, 6.07) is 6.58. The van der Waals surface area contributed by atoms with Crippen LogP contribution in [-0.2, 0) is 12.0 Å². The van der Waals surface area contributed by atoms with E-state index in [1.54, 1.807) is 0 Å². The molecule has 0 spiro atoms. The Balaban J connectivity index is 1.96. The number of pyridine rings is 1. The van der Waals surface area contributed by atoms with Crippen LogP contribution in [0.5, 0.6) is 0 Å². The summed E-state index contributed by atoms with van der Waals surface area (Å²) in [6.07, 6.45) is 7.45. The van der Waals surface area contributed by atoms with E-state index < -0.39 is 0 Å². The van der Waals surface area contributed by atoms with Crippen LogP contribution in [0.1, 0.15) is 59.1 Å². The van der Waals surface area contributed by atoms with Crippen LogP contribution >= 0.6 is 0 Å². The van der Waals surface area contributed by atoms with Gasteiger partial charge in [0.25, 0.3) is 0 Å². The molecule has 1 aliphatic carbocycles. The topological polar surface area (TPSA) is 17.8 Å². The lowest BCUT2D eigenvalue weighted by molar-refractivity contribution is 0.262. The number of nitrogens with zero attached hydrogens (tertiary/aromatic N) is 2. The van der Waals surface area contributed by atoms with E-state index in [0.29, 0.717) is 0 Å². The van der Waals surface area contributed by atoms with E-state index in [2.05, 4.69) is 49.4 Å². The number of hydrogen-bond acceptors (Lipinski definition) is 1. The van der Waals surface area contributed by atoms with Gasteiger partial charge in [-0.15, -0.1) is 0 Å². The molecule has 2 aromatic heterocycles. The summed E-state index contributed by atoms with van der Waals surface area (Å²) in [7, 11) is 0. The fourth-order valence-corrected chi connectivity index (χ4v) is 3.66. The standard InChI is InChI=1S/C19H28N2/c1-14-7-9-15(10-8-14)13-21-17(19(2,3)4)12-16-6-5-11-20-18(16)21/h5-6,11-12,14-15H,7-10,13H2,1-4H3/t14-,15-. The van der Waals surface area contributed by atoms with Gasteiger partial charge in [0.15, 0.2) is 0 Å². The van der Waals surface area contributed by atoms with Crippen molar-refractivity contribution in [2.75, 3.05) is 0 Å². The molecule has 0 bridgehead atoms. The van der Waals surface area contributed by atoms with Crippen molar-refractivity contribution in [2.24, 2.45) is 11.8 Å². The van der Waals surface area contributed by atoms with Gasteiger partial charge >= 0.3 is 0 Å². The maximum absolute atomic E-state index is 4.66. The summed E-state index contributed by atoms with van der Waals surface area (Å²) >= 11 is 0. The first-order valence-corrected chi connectivity index (χ1v) is 8.40. The van der Waals surface area contributed by atoms with Crippen molar-refractivity contribution in [1.82, 2.24) is 9.55 Å². The van der Waals surface area contributed by atoms with Gasteiger partial charge < -0.3 is 4.57 Å². The predicted octanol–water partition coefficient (Wildman–Crippen LogP) is 5.16. The maximum Gasteiger partial charge on any atom is 0.140 e. The average molecular weight is 284 g/mol. The molecule has 1 aliphatic rings. The van der Waals surface area contributed by atoms with Crippen molar-refractivity contribution >= 4 is 11.0 Å². The molecule has 2 heterocycles. The van der Waals surface area contributed by atoms with E-state index in [9.17, 15) is 0 Å². The molecule has 1 fully saturated rings. The average Bonchev–Trinajstić information content (AvgIpc) is 2.81. The van der Waals surface area contributed by atoms with E-state index in [1.165, 1.54) is 42.4 Å². The summed E-state index contributed by atoms with van der Waals surface area (Å²) in [5, 5.41) is 1.28. The van der Waals surface area contributed by atoms with Crippen LogP contribution in [0.3, 0.4) is 0 Å². The van der Waals surface area contributed by atoms with Crippen molar-refractivity contribution in [3.05, 3.63) is 30.1 Å². The van der Waals surface area contributed by atoms with Gasteiger partial charge in [-0.05, 0) is 42.9 Å². The number of hydrogen-bond donors (Lipinski definition) is 0. The highest BCUT2D eigenvalue weighted by Crippen LogP contribution is 2.33. The Hall–Kier alpha value is -1.31. The first-order chi connectivity index (χ1) is 9.95. The molecule has 0 saturated heterocycles. The summed E-state index contributed by atoms with van der Waals surface area (Å²) in [5.74, 6) is 1.74. The molecule has 0 radical (unpaired) electrons. The zero-order chi connectivity index (χ0) is 15.0. The lowest BCUT2D eigenvalue weighted by atomic mass is 9.82. The van der Waals surface area contributed by atoms with E-state index >= 15 is 0 Å². The largest absolute Gasteiger partial charge is 0.329 e. The molecule has 3 rings (SSSR count). The summed E-state index contributed by atoms with van der Waals surface area (Å²) < 4.78 is 2.50. The zero-order valence-corrected chi connectivity index (χ0v) is 13.9. The van der Waals surface area contributed by atoms with Gasteiger partial charge in [-0.2, -0.15) is 0 Å². The van der Waals surface area contributed by atoms with Gasteiger partial charge in [-0.3, -0.25) is 0 Å². The predicted molar refractivity (Wildman–Crippen MR) is 89.6 cm³/mol. The fraction of sp³-hybridized carbons (Fsp3) is 0.632. The van der Waals surface area contributed by atoms with Gasteiger partial charge in [0.05, 0.1) is 0 Å². The van der Waals surface area contributed by atoms with Gasteiger partial charge in [0, 0.05) is 29.2 Å². The van der Waals surface area contributed by atoms with Gasteiger partial charge in [0.1, 0.15) is 5.65 Å². The summed E-state index contributed by atoms with van der Waals surface area (Å²) in [6.45, 7) is 10.4. The van der Waals surface area contributed by atoms with Crippen molar-refractivity contribution in [3.63, 3.8) is 0 Å². The minimum atomic E-state index is 0.169. The molecule has 2 heteroatoms. The number of aromatic nitrogens is 2. The Morgan fingerprint density at radius 1 is 1.19 bits per heavy atom. The van der Waals surface area contributed by atoms with E-state index in [0.717, 1.165) is 18.4 Å². The third kappa shape index (κ3) is 3.00. The van der Waals surface area contributed by atoms with Crippen molar-refractivity contribution in [1.29, 1.82) is 0 Å². The van der Waals surface area contributed by atoms with Crippen LogP contribution in [0, 0.1) is 11.8 Å². The Kier molecular flexibility index (Phi) is 3.81. The second-order valence-corrected chi connectivity index (χ2v) is 7.93. The molecule has 2 nitrogen and oxygen atoms in total. The monoisotopic (exact) mass is 284 g/mol. The molecule has 1 saturated carbocycles. The van der Waals surface area contributed by atoms with E-state index in [-0.39, 0.29) is 5.41 Å². The van der Waals surface area contributed by atoms with Crippen LogP contribution < -0.4 is 0 Å². The highest BCUT2D eigenvalue weighted by Gasteiger charge is 2.25. The van der Waals surface area contributed by atoms with Crippen LogP contribution in [0.15, 0.2) is 24.4 Å². The molecule has 0 aromatic carbocycles. The first kappa shape index (κ1) is 14.6. The van der Waals surface area contributed by atoms with E-state index in [4.69, 9.17) is 0 Å². The molecular weight excluding hydrogens is 256 g/mol. The van der Waals surface area contributed by atoms with Crippen molar-refractivity contribution < 1.29 is 0 Å². The molecule has 0 amide bonds. The third-order valence-corrected chi connectivity index (χ3v) is 5.00. The Labute approximate surface area is 128 Å². The Morgan fingerprint density at radius 2 is 1.90 bits per heavy atom. The number of fused-ring (bicyclic) bond motifs is 1. The highest BCUT2D eigenvalue weighted by molar-refractivity contribution is 5.77. The minimum absolute atomic E-state index is 0.169. The molecule has 0 atom stereocenters. The quantitative estimate of drug-likeness (QED) is 0.744. The third-order valence-electron chi connectivity index (χ3n) is 5.00. The zero-order valence-electron chi connectivity index (χ0n) is 13.9. The van der Waals surface area contributed by atoms with Crippen molar-refractivity contribution in [3.8, 4) is 0 Å². The smallest absolute Gasteiger partial charge is 0.140 e. The molecular formula is C19H28N2. The van der Waals surface area contributed by atoms with Crippen LogP contribution in [0.25, 0.3) is 11.0 Å². The van der Waals surface area contributed by atoms with Crippen LogP contribution in [0.4, 0.5) is 0 Å². The maximum atomic E-state index is 4.66. The van der Waals surface area contributed by atoms with Gasteiger partial charge in [-0.25, -0.2) is 4.98 Å². The Morgan fingerprint density at radius 3 is 2.57 bits per heavy atom. The van der Waals surface area contributed by atoms with Crippen molar-refractivity contribution in [2.45, 2.75) is 65.3 Å². The van der Waals surface area contributed by atoms with E-state index in [1.807, 2.05) is 12.3 Å². The molecule has 114 valence electrons. The normalized spacial score (nSPS) is 23.6. The molecule has 0 unspecified atom stereocenters. The number of rotatable bonds is 2. The van der Waals surface area contributed by atoms with Gasteiger partial charge in [0.2, 0.25) is 0 Å². The second-order valence-electron chi connectivity index (χ2n) is 7.93. The lowest BCUT2D eigenvalue weighted by Gasteiger charge is -2.29. The van der Waals surface area contributed by atoms with Gasteiger partial charge in [-0.1, -0.05) is 40.5 Å². The molecule has 0 aliphatic heterocycles. The van der Waals surface area contributed by atoms with Crippen LogP contribution in [0.2, 0.25) is 0 Å². The Bertz CT molecular complexity index is 610. The summed E-state index contributed by atoms with van der Waals surface area (Å²) in [4.78, 5) is 4.66. The summed E-state index contributed by atoms with van der Waals surface area (Å²) in [5.41, 5.74) is 2.76. The second kappa shape index (κ2) is 5.47. The highest BCUT2D eigenvalue weighted by atomic mass is 15.1. The first-order valence-electron chi connectivity index (χ1n) is 8.40. The SMILES string of the molecule is CC(C)(C)c1cc2cccnc2n1C[C@H]1CC[C@H](C)CC1. The fourth-order valence-electron chi connectivity index (χ4n) is 3.66. The molecule has 2 aromatic rings. The molecule has 0 N–H and O–H groups in total. The lowest BCUT2D eigenvalue weighted by Crippen LogP contribution is -2.23. The van der Waals surface area contributed by atoms with Crippen LogP contribution in [-0.4, -0.2) is 9.55 Å². The molecule has 21 heavy (non-hydrogen) atoms. The minimum Gasteiger partial charge on any atom is -0.329 e.